The van der Waals surface area contributed by atoms with Crippen LogP contribution in [0.15, 0.2) is 12.2 Å². The van der Waals surface area contributed by atoms with Crippen molar-refractivity contribution in [2.24, 2.45) is 0 Å². The highest BCUT2D eigenvalue weighted by molar-refractivity contribution is 5.77. The molecule has 0 rings (SSSR count). The van der Waals surface area contributed by atoms with Crippen LogP contribution in [-0.2, 0) is 14.4 Å². The molecule has 33 heavy (non-hydrogen) atoms. The van der Waals surface area contributed by atoms with Gasteiger partial charge in [0.15, 0.2) is 18.1 Å². The Morgan fingerprint density at radius 3 is 1.21 bits per heavy atom. The lowest BCUT2D eigenvalue weighted by molar-refractivity contribution is -0.968. The van der Waals surface area contributed by atoms with E-state index in [1.807, 2.05) is 0 Å². The topological polar surface area (TPSA) is 112 Å². The highest BCUT2D eigenvalue weighted by Crippen LogP contribution is 2.27. The Morgan fingerprint density at radius 2 is 0.909 bits per heavy atom. The predicted molar refractivity (Wildman–Crippen MR) is 131 cm³/mol. The second kappa shape index (κ2) is 17.6. The van der Waals surface area contributed by atoms with Crippen LogP contribution in [0.2, 0.25) is 0 Å². The van der Waals surface area contributed by atoms with Gasteiger partial charge in [0.1, 0.15) is 0 Å². The molecule has 0 aromatic heterocycles. The summed E-state index contributed by atoms with van der Waals surface area (Å²) in [6.07, 6.45) is 19.2. The van der Waals surface area contributed by atoms with E-state index in [1.54, 1.807) is 0 Å². The van der Waals surface area contributed by atoms with E-state index in [4.69, 9.17) is 0 Å². The number of quaternary nitrogens is 1. The minimum atomic E-state index is -1.17. The Balaban J connectivity index is 4.39. The average Bonchev–Trinajstić information content (AvgIpc) is 2.77. The molecule has 3 unspecified atom stereocenters. The maximum absolute atomic E-state index is 11.8. The monoisotopic (exact) mass is 470 g/mol. The Hall–Kier alpha value is -1.89. The number of rotatable bonds is 21. The van der Waals surface area contributed by atoms with Gasteiger partial charge in [-0.25, -0.2) is 14.4 Å². The fourth-order valence-corrected chi connectivity index (χ4v) is 4.79. The van der Waals surface area contributed by atoms with Gasteiger partial charge in [0.25, 0.3) is 0 Å². The first-order valence-corrected chi connectivity index (χ1v) is 12.8. The summed E-state index contributed by atoms with van der Waals surface area (Å²) in [6.45, 7) is 6.55. The molecule has 192 valence electrons. The molecule has 7 nitrogen and oxygen atoms in total. The molecule has 3 atom stereocenters. The minimum Gasteiger partial charge on any atom is -0.477 e. The van der Waals surface area contributed by atoms with Gasteiger partial charge < -0.3 is 15.3 Å². The van der Waals surface area contributed by atoms with Gasteiger partial charge in [-0.15, -0.1) is 0 Å². The third-order valence-corrected chi connectivity index (χ3v) is 7.14. The Morgan fingerprint density at radius 1 is 0.606 bits per heavy atom. The van der Waals surface area contributed by atoms with E-state index in [-0.39, 0.29) is 6.54 Å². The van der Waals surface area contributed by atoms with Crippen LogP contribution < -0.4 is 0 Å². The van der Waals surface area contributed by atoms with Crippen LogP contribution in [-0.4, -0.2) is 62.4 Å². The third kappa shape index (κ3) is 11.2. The van der Waals surface area contributed by atoms with E-state index in [0.29, 0.717) is 6.42 Å². The first-order chi connectivity index (χ1) is 15.6. The summed E-state index contributed by atoms with van der Waals surface area (Å²) >= 11 is 0. The molecule has 0 heterocycles. The molecular weight excluding hydrogens is 422 g/mol. The van der Waals surface area contributed by atoms with Crippen molar-refractivity contribution in [3.05, 3.63) is 12.2 Å². The predicted octanol–water partition coefficient (Wildman–Crippen LogP) is 5.87. The summed E-state index contributed by atoms with van der Waals surface area (Å²) < 4.78 is -0.477. The van der Waals surface area contributed by atoms with Crippen molar-refractivity contribution in [1.29, 1.82) is 0 Å². The zero-order chi connectivity index (χ0) is 25.3. The van der Waals surface area contributed by atoms with E-state index < -0.39 is 40.5 Å². The van der Waals surface area contributed by atoms with Crippen LogP contribution in [0.1, 0.15) is 111 Å². The second-order valence-electron chi connectivity index (χ2n) is 9.36. The van der Waals surface area contributed by atoms with Gasteiger partial charge in [0.05, 0.1) is 6.54 Å². The van der Waals surface area contributed by atoms with Crippen LogP contribution in [0, 0.1) is 0 Å². The zero-order valence-electron chi connectivity index (χ0n) is 21.3. The highest BCUT2D eigenvalue weighted by Gasteiger charge is 2.52. The first kappa shape index (κ1) is 31.1. The summed E-state index contributed by atoms with van der Waals surface area (Å²) in [6, 6.07) is -3.36. The lowest BCUT2D eigenvalue weighted by atomic mass is 10.00. The molecule has 0 spiro atoms. The molecule has 0 aliphatic carbocycles. The van der Waals surface area contributed by atoms with Crippen LogP contribution in [0.3, 0.4) is 0 Å². The van der Waals surface area contributed by atoms with Crippen molar-refractivity contribution in [3.8, 4) is 0 Å². The van der Waals surface area contributed by atoms with Crippen LogP contribution in [0.5, 0.6) is 0 Å². The Kier molecular flexibility index (Phi) is 16.6. The average molecular weight is 471 g/mol. The molecule has 0 aliphatic rings. The fraction of sp³-hybridized carbons (Fsp3) is 0.808. The zero-order valence-corrected chi connectivity index (χ0v) is 21.3. The summed E-state index contributed by atoms with van der Waals surface area (Å²) in [5, 5.41) is 28.8. The van der Waals surface area contributed by atoms with Crippen LogP contribution in [0.25, 0.3) is 0 Å². The van der Waals surface area contributed by atoms with Gasteiger partial charge in [-0.3, -0.25) is 4.48 Å². The van der Waals surface area contributed by atoms with Crippen molar-refractivity contribution in [3.63, 3.8) is 0 Å². The molecule has 0 saturated heterocycles. The largest absolute Gasteiger partial charge is 0.477 e. The van der Waals surface area contributed by atoms with Gasteiger partial charge in [0, 0.05) is 0 Å². The van der Waals surface area contributed by atoms with Gasteiger partial charge in [0.2, 0.25) is 0 Å². The van der Waals surface area contributed by atoms with Crippen LogP contribution in [0.4, 0.5) is 0 Å². The van der Waals surface area contributed by atoms with E-state index in [2.05, 4.69) is 19.1 Å². The number of carbonyl (C=O) groups is 3. The third-order valence-electron chi connectivity index (χ3n) is 7.14. The number of unbranched alkanes of at least 4 members (excludes halogenated alkanes) is 12. The fourth-order valence-electron chi connectivity index (χ4n) is 4.79. The molecule has 0 aliphatic heterocycles. The second-order valence-corrected chi connectivity index (χ2v) is 9.36. The van der Waals surface area contributed by atoms with E-state index in [0.717, 1.165) is 19.3 Å². The summed E-state index contributed by atoms with van der Waals surface area (Å²) in [7, 11) is 0. The molecule has 7 heteroatoms. The van der Waals surface area contributed by atoms with Crippen molar-refractivity contribution < 1.29 is 34.2 Å². The molecule has 0 radical (unpaired) electrons. The van der Waals surface area contributed by atoms with E-state index in [1.165, 1.54) is 78.6 Å². The van der Waals surface area contributed by atoms with Gasteiger partial charge in [-0.1, -0.05) is 69.9 Å². The standard InChI is InChI=1S/C26H47NO6/c1-5-6-7-8-9-10-11-12-13-14-15-16-17-18-19-20-27(21(2)24(28)29,22(3)25(30)31)23(4)26(32)33/h5-6,21-23H,7-20H2,1-4H3,(H2-,28,29,30,31,32,33)/p+1/b6-5+. The maximum atomic E-state index is 11.8. The normalized spacial score (nSPS) is 16.2. The molecule has 0 aromatic carbocycles. The summed E-state index contributed by atoms with van der Waals surface area (Å²) in [5.41, 5.74) is 0. The molecule has 0 saturated carbocycles. The lowest BCUT2D eigenvalue weighted by Gasteiger charge is -2.47. The number of hydrogen-bond donors (Lipinski definition) is 3. The quantitative estimate of drug-likeness (QED) is 0.110. The first-order valence-electron chi connectivity index (χ1n) is 12.8. The number of hydrogen-bond acceptors (Lipinski definition) is 3. The van der Waals surface area contributed by atoms with Crippen molar-refractivity contribution in [1.82, 2.24) is 0 Å². The van der Waals surface area contributed by atoms with Crippen molar-refractivity contribution in [2.75, 3.05) is 6.54 Å². The van der Waals surface area contributed by atoms with Gasteiger partial charge in [-0.2, -0.15) is 0 Å². The number of aliphatic carboxylic acids is 3. The highest BCUT2D eigenvalue weighted by atomic mass is 16.4. The molecule has 0 fully saturated rings. The number of nitrogens with zero attached hydrogens (tertiary/aromatic N) is 1. The number of carboxylic acid groups (broad SMARTS) is 3. The maximum Gasteiger partial charge on any atom is 0.362 e. The molecular formula is C26H48NO6+. The SMILES string of the molecule is C/C=C/CCCCCCCCCCCCCC[N+](C(C)C(=O)O)(C(C)C(=O)O)C(C)C(=O)O. The van der Waals surface area contributed by atoms with Crippen molar-refractivity contribution in [2.45, 2.75) is 129 Å². The number of carboxylic acids is 3. The molecule has 0 bridgehead atoms. The van der Waals surface area contributed by atoms with Gasteiger partial charge >= 0.3 is 17.9 Å². The van der Waals surface area contributed by atoms with Gasteiger partial charge in [-0.05, 0) is 53.4 Å². The Labute approximate surface area is 200 Å². The summed E-state index contributed by atoms with van der Waals surface area (Å²) in [5.74, 6) is -3.52. The summed E-state index contributed by atoms with van der Waals surface area (Å²) in [4.78, 5) is 35.3. The lowest BCUT2D eigenvalue weighted by Crippen LogP contribution is -2.70. The van der Waals surface area contributed by atoms with Crippen molar-refractivity contribution >= 4 is 17.9 Å². The molecule has 0 amide bonds. The Bertz CT molecular complexity index is 553. The number of allylic oxidation sites excluding steroid dienone is 2. The minimum absolute atomic E-state index is 0.225. The van der Waals surface area contributed by atoms with E-state index >= 15 is 0 Å². The molecule has 3 N–H and O–H groups in total. The smallest absolute Gasteiger partial charge is 0.362 e. The molecule has 0 aromatic rings. The van der Waals surface area contributed by atoms with Crippen LogP contribution >= 0.6 is 0 Å². The van der Waals surface area contributed by atoms with E-state index in [9.17, 15) is 29.7 Å².